The van der Waals surface area contributed by atoms with Crippen molar-refractivity contribution in [1.82, 2.24) is 10.6 Å². The zero-order valence-electron chi connectivity index (χ0n) is 16.3. The first kappa shape index (κ1) is 22.3. The van der Waals surface area contributed by atoms with Gasteiger partial charge in [-0.2, -0.15) is 0 Å². The molecule has 1 fully saturated rings. The molecule has 0 heterocycles. The van der Waals surface area contributed by atoms with Crippen LogP contribution in [0.25, 0.3) is 0 Å². The third-order valence-corrected chi connectivity index (χ3v) is 4.52. The molecule has 0 spiro atoms. The van der Waals surface area contributed by atoms with E-state index >= 15 is 0 Å². The van der Waals surface area contributed by atoms with Crippen molar-refractivity contribution in [3.05, 3.63) is 47.8 Å². The Labute approximate surface area is 166 Å². The van der Waals surface area contributed by atoms with Crippen LogP contribution in [0, 0.1) is 11.3 Å². The van der Waals surface area contributed by atoms with Gasteiger partial charge in [0, 0.05) is 18.8 Å². The number of benzene rings is 1. The summed E-state index contributed by atoms with van der Waals surface area (Å²) in [6, 6.07) is 3.30. The fourth-order valence-electron chi connectivity index (χ4n) is 2.64. The molecule has 1 aromatic rings. The van der Waals surface area contributed by atoms with E-state index in [2.05, 4.69) is 29.2 Å². The van der Waals surface area contributed by atoms with Gasteiger partial charge in [0.25, 0.3) is 5.91 Å². The predicted octanol–water partition coefficient (Wildman–Crippen LogP) is 3.56. The number of carbonyl (C=O) groups excluding carboxylic acids is 2. The molecule has 1 aliphatic carbocycles. The monoisotopic (exact) mass is 412 g/mol. The molecular formula is C20H23F3N2O4. The number of hydrogen-bond donors (Lipinski definition) is 2. The van der Waals surface area contributed by atoms with Crippen molar-refractivity contribution in [3.8, 4) is 11.5 Å². The summed E-state index contributed by atoms with van der Waals surface area (Å²) in [5.41, 5.74) is 0.148. The van der Waals surface area contributed by atoms with Crippen LogP contribution in [0.3, 0.4) is 0 Å². The first-order valence-electron chi connectivity index (χ1n) is 8.89. The van der Waals surface area contributed by atoms with Gasteiger partial charge in [-0.1, -0.05) is 13.8 Å². The van der Waals surface area contributed by atoms with Crippen LogP contribution in [-0.2, 0) is 4.79 Å². The molecule has 2 rings (SSSR count). The first-order valence-corrected chi connectivity index (χ1v) is 8.89. The van der Waals surface area contributed by atoms with Crippen LogP contribution < -0.4 is 20.1 Å². The lowest BCUT2D eigenvalue weighted by Gasteiger charge is -2.15. The molecule has 2 N–H and O–H groups in total. The SMILES string of the molecule is CN/C=C\C(=C/C=O)NC(=O)c1cc(OC(F)(F)F)ccc1OCC1CC1(C)C. The van der Waals surface area contributed by atoms with E-state index in [1.807, 2.05) is 0 Å². The second kappa shape index (κ2) is 9.02. The van der Waals surface area contributed by atoms with Gasteiger partial charge in [-0.3, -0.25) is 9.59 Å². The van der Waals surface area contributed by atoms with Crippen molar-refractivity contribution in [3.63, 3.8) is 0 Å². The van der Waals surface area contributed by atoms with E-state index in [0.29, 0.717) is 18.8 Å². The predicted molar refractivity (Wildman–Crippen MR) is 100 cm³/mol. The molecule has 0 aromatic heterocycles. The number of halogens is 3. The summed E-state index contributed by atoms with van der Waals surface area (Å²) < 4.78 is 47.3. The van der Waals surface area contributed by atoms with Crippen LogP contribution >= 0.6 is 0 Å². The summed E-state index contributed by atoms with van der Waals surface area (Å²) in [7, 11) is 1.63. The summed E-state index contributed by atoms with van der Waals surface area (Å²) in [5.74, 6) is -0.860. The summed E-state index contributed by atoms with van der Waals surface area (Å²) in [4.78, 5) is 23.4. The van der Waals surface area contributed by atoms with E-state index in [0.717, 1.165) is 24.6 Å². The van der Waals surface area contributed by atoms with E-state index in [-0.39, 0.29) is 22.4 Å². The van der Waals surface area contributed by atoms with Crippen molar-refractivity contribution in [2.45, 2.75) is 26.6 Å². The normalized spacial score (nSPS) is 18.3. The van der Waals surface area contributed by atoms with Crippen LogP contribution in [0.15, 0.2) is 42.2 Å². The fraction of sp³-hybridized carbons (Fsp3) is 0.400. The molecule has 0 bridgehead atoms. The van der Waals surface area contributed by atoms with Gasteiger partial charge in [0.2, 0.25) is 0 Å². The number of alkyl halides is 3. The third kappa shape index (κ3) is 6.85. The van der Waals surface area contributed by atoms with Crippen molar-refractivity contribution in [1.29, 1.82) is 0 Å². The quantitative estimate of drug-likeness (QED) is 0.369. The fourth-order valence-corrected chi connectivity index (χ4v) is 2.64. The maximum Gasteiger partial charge on any atom is 0.573 e. The highest BCUT2D eigenvalue weighted by Crippen LogP contribution is 2.51. The molecule has 1 aliphatic rings. The van der Waals surface area contributed by atoms with E-state index in [4.69, 9.17) is 4.74 Å². The summed E-state index contributed by atoms with van der Waals surface area (Å²) >= 11 is 0. The highest BCUT2D eigenvalue weighted by atomic mass is 19.4. The number of rotatable bonds is 9. The molecule has 1 aromatic carbocycles. The number of carbonyl (C=O) groups is 2. The summed E-state index contributed by atoms with van der Waals surface area (Å²) in [5, 5.41) is 5.17. The maximum absolute atomic E-state index is 12.7. The highest BCUT2D eigenvalue weighted by molar-refractivity contribution is 5.99. The molecule has 1 saturated carbocycles. The minimum absolute atomic E-state index is 0.128. The number of ether oxygens (including phenoxy) is 2. The van der Waals surface area contributed by atoms with Crippen molar-refractivity contribution in [2.75, 3.05) is 13.7 Å². The Morgan fingerprint density at radius 3 is 2.59 bits per heavy atom. The van der Waals surface area contributed by atoms with Crippen LogP contribution in [-0.4, -0.2) is 32.2 Å². The Kier molecular flexibility index (Phi) is 6.94. The molecule has 0 radical (unpaired) electrons. The van der Waals surface area contributed by atoms with Crippen LogP contribution in [0.4, 0.5) is 13.2 Å². The summed E-state index contributed by atoms with van der Waals surface area (Å²) in [6.07, 6.45) is 0.554. The minimum Gasteiger partial charge on any atom is -0.492 e. The van der Waals surface area contributed by atoms with E-state index < -0.39 is 18.0 Å². The number of aldehydes is 1. The van der Waals surface area contributed by atoms with Gasteiger partial charge in [0.15, 0.2) is 0 Å². The molecule has 29 heavy (non-hydrogen) atoms. The van der Waals surface area contributed by atoms with Gasteiger partial charge in [-0.15, -0.1) is 13.2 Å². The third-order valence-electron chi connectivity index (χ3n) is 4.52. The molecule has 6 nitrogen and oxygen atoms in total. The van der Waals surface area contributed by atoms with Gasteiger partial charge in [-0.25, -0.2) is 0 Å². The van der Waals surface area contributed by atoms with Crippen LogP contribution in [0.1, 0.15) is 30.6 Å². The number of amides is 1. The number of allylic oxidation sites excluding steroid dienone is 2. The Morgan fingerprint density at radius 2 is 2.03 bits per heavy atom. The Morgan fingerprint density at radius 1 is 1.34 bits per heavy atom. The largest absolute Gasteiger partial charge is 0.573 e. The van der Waals surface area contributed by atoms with Crippen molar-refractivity contribution >= 4 is 12.2 Å². The Bertz CT molecular complexity index is 816. The van der Waals surface area contributed by atoms with E-state index in [1.165, 1.54) is 18.3 Å². The van der Waals surface area contributed by atoms with Crippen LogP contribution in [0.2, 0.25) is 0 Å². The topological polar surface area (TPSA) is 76.7 Å². The second-order valence-electron chi connectivity index (χ2n) is 7.24. The van der Waals surface area contributed by atoms with E-state index in [1.54, 1.807) is 7.05 Å². The highest BCUT2D eigenvalue weighted by Gasteiger charge is 2.46. The molecule has 1 atom stereocenters. The van der Waals surface area contributed by atoms with Gasteiger partial charge in [-0.05, 0) is 48.2 Å². The first-order chi connectivity index (χ1) is 13.6. The number of hydrogen-bond acceptors (Lipinski definition) is 5. The molecule has 0 aliphatic heterocycles. The lowest BCUT2D eigenvalue weighted by molar-refractivity contribution is -0.274. The molecule has 1 unspecified atom stereocenters. The number of nitrogens with one attached hydrogen (secondary N) is 2. The smallest absolute Gasteiger partial charge is 0.492 e. The molecule has 9 heteroatoms. The summed E-state index contributed by atoms with van der Waals surface area (Å²) in [6.45, 7) is 4.50. The second-order valence-corrected chi connectivity index (χ2v) is 7.24. The molecule has 1 amide bonds. The Balaban J connectivity index is 2.26. The molecular weight excluding hydrogens is 389 g/mol. The average molecular weight is 412 g/mol. The maximum atomic E-state index is 12.7. The van der Waals surface area contributed by atoms with Gasteiger partial charge < -0.3 is 20.1 Å². The zero-order chi connectivity index (χ0) is 21.7. The lowest BCUT2D eigenvalue weighted by atomic mass is 10.1. The minimum atomic E-state index is -4.90. The van der Waals surface area contributed by atoms with E-state index in [9.17, 15) is 22.8 Å². The standard InChI is InChI=1S/C20H23F3N2O4/c1-19(2)11-13(19)12-28-17-5-4-15(29-20(21,22)23)10-16(17)18(27)25-14(7-9-26)6-8-24-3/h4-10,13,24H,11-12H2,1-3H3,(H,25,27)/b8-6-,14-7+. The Hall–Kier alpha value is -2.97. The van der Waals surface area contributed by atoms with Crippen molar-refractivity contribution in [2.24, 2.45) is 11.3 Å². The van der Waals surface area contributed by atoms with Gasteiger partial charge in [0.05, 0.1) is 12.2 Å². The van der Waals surface area contributed by atoms with Crippen molar-refractivity contribution < 1.29 is 32.2 Å². The molecule has 158 valence electrons. The average Bonchev–Trinajstić information content (AvgIpc) is 3.24. The van der Waals surface area contributed by atoms with Gasteiger partial charge in [0.1, 0.15) is 17.8 Å². The molecule has 0 saturated heterocycles. The van der Waals surface area contributed by atoms with Gasteiger partial charge >= 0.3 is 6.36 Å². The lowest BCUT2D eigenvalue weighted by Crippen LogP contribution is -2.24. The zero-order valence-corrected chi connectivity index (χ0v) is 16.3. The van der Waals surface area contributed by atoms with Crippen LogP contribution in [0.5, 0.6) is 11.5 Å².